The molecule has 0 saturated carbocycles. The van der Waals surface area contributed by atoms with Gasteiger partial charge in [-0.1, -0.05) is 0 Å². The van der Waals surface area contributed by atoms with Crippen LogP contribution < -0.4 is 5.73 Å². The fourth-order valence-corrected chi connectivity index (χ4v) is 1.09. The third-order valence-electron chi connectivity index (χ3n) is 1.93. The van der Waals surface area contributed by atoms with E-state index in [9.17, 15) is 15.0 Å². The van der Waals surface area contributed by atoms with Gasteiger partial charge in [-0.2, -0.15) is 0 Å². The van der Waals surface area contributed by atoms with Crippen molar-refractivity contribution in [1.29, 1.82) is 0 Å². The van der Waals surface area contributed by atoms with Gasteiger partial charge in [0.05, 0.1) is 6.61 Å². The van der Waals surface area contributed by atoms with E-state index in [0.29, 0.717) is 5.56 Å². The molecule has 1 rings (SSSR count). The highest BCUT2D eigenvalue weighted by molar-refractivity contribution is 5.79. The minimum atomic E-state index is -1.68. The number of carbonyl (C=O) groups excluding carboxylic acids is 1. The van der Waals surface area contributed by atoms with Gasteiger partial charge in [0.15, 0.2) is 6.10 Å². The van der Waals surface area contributed by atoms with Crippen LogP contribution in [0.4, 0.5) is 0 Å². The molecule has 15 heavy (non-hydrogen) atoms. The van der Waals surface area contributed by atoms with Crippen LogP contribution in [0, 0.1) is 0 Å². The Labute approximate surface area is 86.0 Å². The monoisotopic (exact) mass is 212 g/mol. The molecule has 0 spiro atoms. The van der Waals surface area contributed by atoms with E-state index in [0.717, 1.165) is 0 Å². The molecule has 0 aromatic carbocycles. The normalized spacial score (nSPS) is 14.6. The van der Waals surface area contributed by atoms with Crippen molar-refractivity contribution in [2.45, 2.75) is 18.8 Å². The second kappa shape index (κ2) is 4.83. The first-order valence-electron chi connectivity index (χ1n) is 4.26. The number of rotatable bonds is 4. The predicted octanol–water partition coefficient (Wildman–Crippen LogP) is -1.55. The van der Waals surface area contributed by atoms with Gasteiger partial charge in [0.1, 0.15) is 6.10 Å². The third kappa shape index (κ3) is 2.72. The Morgan fingerprint density at radius 2 is 2.13 bits per heavy atom. The highest BCUT2D eigenvalue weighted by atomic mass is 16.3. The lowest BCUT2D eigenvalue weighted by molar-refractivity contribution is -0.131. The Morgan fingerprint density at radius 1 is 1.47 bits per heavy atom. The summed E-state index contributed by atoms with van der Waals surface area (Å²) in [5.41, 5.74) is 5.53. The lowest BCUT2D eigenvalue weighted by Gasteiger charge is -2.15. The first-order chi connectivity index (χ1) is 7.06. The van der Waals surface area contributed by atoms with Crippen LogP contribution in [-0.4, -0.2) is 32.3 Å². The van der Waals surface area contributed by atoms with E-state index in [1.165, 1.54) is 18.5 Å². The average Bonchev–Trinajstić information content (AvgIpc) is 2.27. The molecule has 2 atom stereocenters. The topological polar surface area (TPSA) is 117 Å². The van der Waals surface area contributed by atoms with E-state index in [2.05, 4.69) is 4.98 Å². The molecule has 0 fully saturated rings. The average molecular weight is 212 g/mol. The van der Waals surface area contributed by atoms with E-state index < -0.39 is 18.1 Å². The first kappa shape index (κ1) is 11.6. The van der Waals surface area contributed by atoms with Crippen LogP contribution in [0.25, 0.3) is 0 Å². The van der Waals surface area contributed by atoms with Gasteiger partial charge in [0, 0.05) is 18.0 Å². The highest BCUT2D eigenvalue weighted by Gasteiger charge is 2.23. The van der Waals surface area contributed by atoms with Crippen LogP contribution >= 0.6 is 0 Å². The molecule has 5 N–H and O–H groups in total. The molecular formula is C9H12N2O4. The van der Waals surface area contributed by atoms with Gasteiger partial charge in [-0.25, -0.2) is 0 Å². The maximum Gasteiger partial charge on any atom is 0.249 e. The van der Waals surface area contributed by atoms with Crippen molar-refractivity contribution in [3.8, 4) is 0 Å². The quantitative estimate of drug-likeness (QED) is 0.482. The van der Waals surface area contributed by atoms with Crippen LogP contribution in [0.3, 0.4) is 0 Å². The fourth-order valence-electron chi connectivity index (χ4n) is 1.09. The zero-order valence-electron chi connectivity index (χ0n) is 7.87. The number of aliphatic hydroxyl groups is 3. The van der Waals surface area contributed by atoms with Gasteiger partial charge in [-0.3, -0.25) is 9.78 Å². The zero-order valence-corrected chi connectivity index (χ0v) is 7.87. The van der Waals surface area contributed by atoms with E-state index in [1.807, 2.05) is 0 Å². The smallest absolute Gasteiger partial charge is 0.249 e. The number of nitrogens with zero attached hydrogens (tertiary/aromatic N) is 1. The molecule has 6 heteroatoms. The minimum absolute atomic E-state index is 0.229. The Kier molecular flexibility index (Phi) is 3.73. The van der Waals surface area contributed by atoms with Crippen molar-refractivity contribution >= 4 is 5.91 Å². The third-order valence-corrected chi connectivity index (χ3v) is 1.93. The van der Waals surface area contributed by atoms with Crippen molar-refractivity contribution in [2.75, 3.05) is 0 Å². The lowest BCUT2D eigenvalue weighted by atomic mass is 10.0. The molecule has 1 aromatic rings. The van der Waals surface area contributed by atoms with Crippen LogP contribution in [0.15, 0.2) is 18.5 Å². The van der Waals surface area contributed by atoms with Gasteiger partial charge in [-0.15, -0.1) is 0 Å². The number of hydrogen-bond acceptors (Lipinski definition) is 5. The van der Waals surface area contributed by atoms with E-state index in [1.54, 1.807) is 0 Å². The molecule has 2 unspecified atom stereocenters. The van der Waals surface area contributed by atoms with Gasteiger partial charge in [0.2, 0.25) is 5.91 Å². The number of primary amides is 1. The van der Waals surface area contributed by atoms with E-state index in [4.69, 9.17) is 10.8 Å². The Morgan fingerprint density at radius 3 is 2.67 bits per heavy atom. The molecule has 0 radical (unpaired) electrons. The summed E-state index contributed by atoms with van der Waals surface area (Å²) in [6, 6.07) is 1.43. The van der Waals surface area contributed by atoms with Gasteiger partial charge >= 0.3 is 0 Å². The minimum Gasteiger partial charge on any atom is -0.392 e. The SMILES string of the molecule is NC(=O)C(O)C(O)c1cncc(CO)c1. The number of aromatic nitrogens is 1. The number of aliphatic hydroxyl groups excluding tert-OH is 3. The molecule has 0 aliphatic rings. The number of pyridine rings is 1. The molecule has 1 aromatic heterocycles. The summed E-state index contributed by atoms with van der Waals surface area (Å²) in [6.45, 7) is -0.236. The molecular weight excluding hydrogens is 200 g/mol. The fraction of sp³-hybridized carbons (Fsp3) is 0.333. The van der Waals surface area contributed by atoms with E-state index in [-0.39, 0.29) is 12.2 Å². The summed E-state index contributed by atoms with van der Waals surface area (Å²) in [5, 5.41) is 27.5. The Hall–Kier alpha value is -1.50. The van der Waals surface area contributed by atoms with Crippen LogP contribution in [-0.2, 0) is 11.4 Å². The van der Waals surface area contributed by atoms with Crippen LogP contribution in [0.1, 0.15) is 17.2 Å². The Bertz CT molecular complexity index is 356. The van der Waals surface area contributed by atoms with Crippen molar-refractivity contribution in [3.05, 3.63) is 29.6 Å². The standard InChI is InChI=1S/C9H12N2O4/c10-9(15)8(14)7(13)6-1-5(4-12)2-11-3-6/h1-3,7-8,12-14H,4H2,(H2,10,15). The maximum absolute atomic E-state index is 10.6. The molecule has 0 bridgehead atoms. The molecule has 1 heterocycles. The van der Waals surface area contributed by atoms with Gasteiger partial charge in [0.25, 0.3) is 0 Å². The molecule has 0 aliphatic heterocycles. The molecule has 1 amide bonds. The number of hydrogen-bond donors (Lipinski definition) is 4. The predicted molar refractivity (Wildman–Crippen MR) is 50.3 cm³/mol. The van der Waals surface area contributed by atoms with Crippen LogP contribution in [0.5, 0.6) is 0 Å². The summed E-state index contributed by atoms with van der Waals surface area (Å²) < 4.78 is 0. The highest BCUT2D eigenvalue weighted by Crippen LogP contribution is 2.16. The van der Waals surface area contributed by atoms with E-state index >= 15 is 0 Å². The summed E-state index contributed by atoms with van der Waals surface area (Å²) in [7, 11) is 0. The Balaban J connectivity index is 2.90. The second-order valence-corrected chi connectivity index (χ2v) is 3.08. The molecule has 6 nitrogen and oxygen atoms in total. The number of carbonyl (C=O) groups is 1. The second-order valence-electron chi connectivity index (χ2n) is 3.08. The number of amides is 1. The maximum atomic E-state index is 10.6. The summed E-state index contributed by atoms with van der Waals surface area (Å²) in [5.74, 6) is -1.02. The van der Waals surface area contributed by atoms with Gasteiger partial charge < -0.3 is 21.1 Å². The van der Waals surface area contributed by atoms with Crippen LogP contribution in [0.2, 0.25) is 0 Å². The van der Waals surface area contributed by atoms with Crippen molar-refractivity contribution in [1.82, 2.24) is 4.98 Å². The lowest BCUT2D eigenvalue weighted by Crippen LogP contribution is -2.33. The first-order valence-corrected chi connectivity index (χ1v) is 4.26. The zero-order chi connectivity index (χ0) is 11.4. The summed E-state index contributed by atoms with van der Waals surface area (Å²) in [4.78, 5) is 14.3. The molecule has 0 aliphatic carbocycles. The number of nitrogens with two attached hydrogens (primary N) is 1. The largest absolute Gasteiger partial charge is 0.392 e. The van der Waals surface area contributed by atoms with Crippen molar-refractivity contribution < 1.29 is 20.1 Å². The summed E-state index contributed by atoms with van der Waals surface area (Å²) >= 11 is 0. The summed E-state index contributed by atoms with van der Waals surface area (Å²) in [6.07, 6.45) is -0.412. The molecule has 0 saturated heterocycles. The van der Waals surface area contributed by atoms with Crippen molar-refractivity contribution in [2.24, 2.45) is 5.73 Å². The van der Waals surface area contributed by atoms with Gasteiger partial charge in [-0.05, 0) is 11.6 Å². The van der Waals surface area contributed by atoms with Crippen molar-refractivity contribution in [3.63, 3.8) is 0 Å². The molecule has 82 valence electrons.